The van der Waals surface area contributed by atoms with Crippen LogP contribution in [0.2, 0.25) is 0 Å². The fourth-order valence-corrected chi connectivity index (χ4v) is 7.93. The van der Waals surface area contributed by atoms with Gasteiger partial charge in [0.25, 0.3) is 0 Å². The summed E-state index contributed by atoms with van der Waals surface area (Å²) in [6.45, 7) is 12.3. The molecule has 0 amide bonds. The van der Waals surface area contributed by atoms with Crippen molar-refractivity contribution >= 4 is 5.97 Å². The Bertz CT molecular complexity index is 836. The zero-order valence-corrected chi connectivity index (χ0v) is 20.2. The highest BCUT2D eigenvalue weighted by atomic mass is 16.5. The molecule has 4 rings (SSSR count). The van der Waals surface area contributed by atoms with E-state index in [0.29, 0.717) is 18.4 Å². The first-order chi connectivity index (χ1) is 15.0. The van der Waals surface area contributed by atoms with Crippen LogP contribution in [0, 0.1) is 34.5 Å². The molecule has 4 fully saturated rings. The van der Waals surface area contributed by atoms with Gasteiger partial charge in [-0.05, 0) is 52.4 Å². The molecule has 33 heavy (non-hydrogen) atoms. The van der Waals surface area contributed by atoms with Crippen LogP contribution in [0.25, 0.3) is 0 Å². The second kappa shape index (κ2) is 7.48. The summed E-state index contributed by atoms with van der Waals surface area (Å²) in [5.41, 5.74) is -4.61. The molecule has 0 aromatic carbocycles. The Balaban J connectivity index is 1.82. The molecule has 0 aromatic rings. The number of hydrogen-bond donors (Lipinski definition) is 6. The maximum Gasteiger partial charge on any atom is 0.311 e. The van der Waals surface area contributed by atoms with Gasteiger partial charge in [-0.3, -0.25) is 4.79 Å². The van der Waals surface area contributed by atoms with Gasteiger partial charge in [0.05, 0.1) is 35.9 Å². The van der Waals surface area contributed by atoms with E-state index in [1.54, 1.807) is 27.7 Å². The molecule has 8 heteroatoms. The fourth-order valence-electron chi connectivity index (χ4n) is 7.93. The maximum absolute atomic E-state index is 12.9. The van der Waals surface area contributed by atoms with Crippen molar-refractivity contribution in [2.45, 2.75) is 102 Å². The molecule has 2 bridgehead atoms. The average molecular weight is 469 g/mol. The third-order valence-electron chi connectivity index (χ3n) is 10.1. The fraction of sp³-hybridized carbons (Fsp3) is 0.880. The number of aliphatic hydroxyl groups excluding tert-OH is 4. The number of rotatable bonds is 3. The Labute approximate surface area is 195 Å². The van der Waals surface area contributed by atoms with Crippen molar-refractivity contribution in [2.24, 2.45) is 34.5 Å². The molecule has 4 aliphatic rings. The van der Waals surface area contributed by atoms with Crippen LogP contribution in [-0.4, -0.2) is 78.3 Å². The smallest absolute Gasteiger partial charge is 0.311 e. The van der Waals surface area contributed by atoms with Gasteiger partial charge in [-0.15, -0.1) is 0 Å². The van der Waals surface area contributed by atoms with Crippen LogP contribution in [0.4, 0.5) is 0 Å². The zero-order valence-electron chi connectivity index (χ0n) is 20.2. The van der Waals surface area contributed by atoms with Crippen molar-refractivity contribution in [2.75, 3.05) is 0 Å². The van der Waals surface area contributed by atoms with E-state index in [1.165, 1.54) is 6.92 Å². The molecule has 12 unspecified atom stereocenters. The largest absolute Gasteiger partial charge is 0.461 e. The Kier molecular flexibility index (Phi) is 5.69. The summed E-state index contributed by atoms with van der Waals surface area (Å²) in [7, 11) is 0. The summed E-state index contributed by atoms with van der Waals surface area (Å²) in [6, 6.07) is 0. The zero-order chi connectivity index (χ0) is 24.9. The van der Waals surface area contributed by atoms with Crippen LogP contribution in [0.3, 0.4) is 0 Å². The van der Waals surface area contributed by atoms with Crippen molar-refractivity contribution in [3.63, 3.8) is 0 Å². The SMILES string of the molecule is C=C1C2CCC3C(OC(=O)C(C)C(C)O)C2(CC(O)C2(O)C1C(O)C(O)C2(C)C)CC3(C)O. The summed E-state index contributed by atoms with van der Waals surface area (Å²) >= 11 is 0. The van der Waals surface area contributed by atoms with E-state index in [4.69, 9.17) is 4.74 Å². The topological polar surface area (TPSA) is 148 Å². The number of hydrogen-bond acceptors (Lipinski definition) is 8. The number of fused-ring (bicyclic) bond motifs is 2. The Morgan fingerprint density at radius 2 is 1.73 bits per heavy atom. The molecule has 0 radical (unpaired) electrons. The van der Waals surface area contributed by atoms with Crippen LogP contribution in [0.1, 0.15) is 60.3 Å². The first kappa shape index (κ1) is 25.1. The number of ether oxygens (including phenoxy) is 1. The number of carbonyl (C=O) groups is 1. The van der Waals surface area contributed by atoms with Gasteiger partial charge in [0.1, 0.15) is 11.7 Å². The molecule has 0 saturated heterocycles. The number of carbonyl (C=O) groups excluding carboxylic acids is 1. The monoisotopic (exact) mass is 468 g/mol. The summed E-state index contributed by atoms with van der Waals surface area (Å²) < 4.78 is 6.00. The molecule has 4 saturated carbocycles. The molecule has 1 spiro atoms. The van der Waals surface area contributed by atoms with Gasteiger partial charge in [-0.25, -0.2) is 0 Å². The van der Waals surface area contributed by atoms with E-state index < -0.39 is 70.4 Å². The molecule has 12 atom stereocenters. The Morgan fingerprint density at radius 3 is 2.30 bits per heavy atom. The normalized spacial score (nSPS) is 52.5. The lowest BCUT2D eigenvalue weighted by molar-refractivity contribution is -0.185. The quantitative estimate of drug-likeness (QED) is 0.259. The van der Waals surface area contributed by atoms with E-state index in [-0.39, 0.29) is 24.7 Å². The predicted octanol–water partition coefficient (Wildman–Crippen LogP) is 0.512. The highest BCUT2D eigenvalue weighted by Crippen LogP contribution is 2.69. The molecule has 188 valence electrons. The third kappa shape index (κ3) is 3.07. The van der Waals surface area contributed by atoms with Gasteiger partial charge >= 0.3 is 5.97 Å². The standard InChI is InChI=1S/C25H40O8/c1-11(13(3)26)21(30)33-20-15-8-7-14-12(2)17-18(28)19(29)22(4,5)25(17,32)16(27)9-24(14,20)10-23(15,6)31/h11,13-20,26-29,31-32H,2,7-10H2,1,3-6H3. The van der Waals surface area contributed by atoms with Gasteiger partial charge in [-0.1, -0.05) is 26.0 Å². The molecule has 6 N–H and O–H groups in total. The second-order valence-corrected chi connectivity index (χ2v) is 12.1. The van der Waals surface area contributed by atoms with E-state index in [9.17, 15) is 35.4 Å². The average Bonchev–Trinajstić information content (AvgIpc) is 2.89. The van der Waals surface area contributed by atoms with Crippen molar-refractivity contribution in [3.05, 3.63) is 12.2 Å². The van der Waals surface area contributed by atoms with Crippen LogP contribution < -0.4 is 0 Å². The number of aliphatic hydroxyl groups is 6. The maximum atomic E-state index is 12.9. The first-order valence-corrected chi connectivity index (χ1v) is 12.1. The van der Waals surface area contributed by atoms with E-state index in [0.717, 1.165) is 0 Å². The van der Waals surface area contributed by atoms with E-state index >= 15 is 0 Å². The highest BCUT2D eigenvalue weighted by Gasteiger charge is 2.75. The van der Waals surface area contributed by atoms with Crippen LogP contribution in [0.5, 0.6) is 0 Å². The highest BCUT2D eigenvalue weighted by molar-refractivity contribution is 5.73. The first-order valence-electron chi connectivity index (χ1n) is 12.1. The minimum atomic E-state index is -1.85. The molecular formula is C25H40O8. The predicted molar refractivity (Wildman–Crippen MR) is 119 cm³/mol. The van der Waals surface area contributed by atoms with Crippen LogP contribution in [0.15, 0.2) is 12.2 Å². The molecule has 4 aliphatic carbocycles. The van der Waals surface area contributed by atoms with Crippen LogP contribution >= 0.6 is 0 Å². The minimum Gasteiger partial charge on any atom is -0.461 e. The minimum absolute atomic E-state index is 0.0280. The molecule has 8 nitrogen and oxygen atoms in total. The summed E-state index contributed by atoms with van der Waals surface area (Å²) in [5, 5.41) is 66.4. The number of esters is 1. The Hall–Kier alpha value is -1.03. The lowest BCUT2D eigenvalue weighted by Crippen LogP contribution is -2.57. The van der Waals surface area contributed by atoms with Crippen molar-refractivity contribution in [3.8, 4) is 0 Å². The summed E-state index contributed by atoms with van der Waals surface area (Å²) in [6.07, 6.45) is -4.14. The van der Waals surface area contributed by atoms with E-state index in [1.807, 2.05) is 0 Å². The third-order valence-corrected chi connectivity index (χ3v) is 10.1. The second-order valence-electron chi connectivity index (χ2n) is 12.1. The molecule has 0 aliphatic heterocycles. The molecule has 0 heterocycles. The van der Waals surface area contributed by atoms with Crippen molar-refractivity contribution in [1.82, 2.24) is 0 Å². The van der Waals surface area contributed by atoms with Gasteiger partial charge in [0.2, 0.25) is 0 Å². The van der Waals surface area contributed by atoms with Crippen molar-refractivity contribution < 1.29 is 40.2 Å². The van der Waals surface area contributed by atoms with Crippen LogP contribution in [-0.2, 0) is 9.53 Å². The summed E-state index contributed by atoms with van der Waals surface area (Å²) in [4.78, 5) is 12.9. The lowest BCUT2D eigenvalue weighted by Gasteiger charge is -2.47. The van der Waals surface area contributed by atoms with Crippen molar-refractivity contribution in [1.29, 1.82) is 0 Å². The molecule has 0 aromatic heterocycles. The Morgan fingerprint density at radius 1 is 1.12 bits per heavy atom. The van der Waals surface area contributed by atoms with Gasteiger partial charge in [0.15, 0.2) is 0 Å². The summed E-state index contributed by atoms with van der Waals surface area (Å²) in [5.74, 6) is -3.00. The molecular weight excluding hydrogens is 428 g/mol. The van der Waals surface area contributed by atoms with E-state index in [2.05, 4.69) is 6.58 Å². The lowest BCUT2D eigenvalue weighted by atomic mass is 9.61. The van der Waals surface area contributed by atoms with Gasteiger partial charge in [0, 0.05) is 22.7 Å². The van der Waals surface area contributed by atoms with Gasteiger partial charge < -0.3 is 35.4 Å². The van der Waals surface area contributed by atoms with Gasteiger partial charge in [-0.2, -0.15) is 0 Å².